The molecule has 9 heavy (non-hydrogen) atoms. The van der Waals surface area contributed by atoms with Crippen molar-refractivity contribution in [3.63, 3.8) is 0 Å². The Morgan fingerprint density at radius 2 is 2.56 bits per heavy atom. The average Bonchev–Trinajstić information content (AvgIpc) is 2.17. The van der Waals surface area contributed by atoms with Crippen LogP contribution in [0.1, 0.15) is 5.56 Å². The van der Waals surface area contributed by atoms with Gasteiger partial charge in [0.25, 0.3) is 0 Å². The van der Waals surface area contributed by atoms with Gasteiger partial charge in [-0.25, -0.2) is 6.57 Å². The Bertz CT molecular complexity index is 235. The Balaban J connectivity index is 2.76. The molecule has 1 aromatic heterocycles. The quantitative estimate of drug-likeness (QED) is 0.616. The minimum Gasteiger partial charge on any atom is -0.312 e. The molecule has 3 heteroatoms. The molecule has 0 N–H and O–H groups in total. The molecule has 0 saturated heterocycles. The van der Waals surface area contributed by atoms with Gasteiger partial charge >= 0.3 is 0 Å². The van der Waals surface area contributed by atoms with E-state index in [1.165, 1.54) is 0 Å². The van der Waals surface area contributed by atoms with E-state index in [9.17, 15) is 0 Å². The maximum atomic E-state index is 6.56. The zero-order chi connectivity index (χ0) is 6.69. The zero-order valence-corrected chi connectivity index (χ0v) is 7.00. The number of nitrogens with zero attached hydrogens (tertiary/aromatic N) is 1. The average molecular weight is 202 g/mol. The van der Waals surface area contributed by atoms with Crippen molar-refractivity contribution in [2.24, 2.45) is 0 Å². The van der Waals surface area contributed by atoms with Gasteiger partial charge in [0.2, 0.25) is 6.54 Å². The van der Waals surface area contributed by atoms with Crippen molar-refractivity contribution in [2.75, 3.05) is 0 Å². The van der Waals surface area contributed by atoms with E-state index in [0.717, 1.165) is 9.35 Å². The van der Waals surface area contributed by atoms with Gasteiger partial charge in [-0.3, -0.25) is 0 Å². The third-order valence-electron chi connectivity index (χ3n) is 0.883. The maximum Gasteiger partial charge on any atom is 0.240 e. The van der Waals surface area contributed by atoms with E-state index in [2.05, 4.69) is 20.8 Å². The van der Waals surface area contributed by atoms with Gasteiger partial charge in [0, 0.05) is 10.9 Å². The lowest BCUT2D eigenvalue weighted by Crippen LogP contribution is -1.67. The third kappa shape index (κ3) is 1.81. The largest absolute Gasteiger partial charge is 0.312 e. The summed E-state index contributed by atoms with van der Waals surface area (Å²) in [4.78, 5) is 3.26. The minimum absolute atomic E-state index is 0.502. The summed E-state index contributed by atoms with van der Waals surface area (Å²) in [5.74, 6) is 0. The van der Waals surface area contributed by atoms with Crippen LogP contribution in [0.4, 0.5) is 0 Å². The summed E-state index contributed by atoms with van der Waals surface area (Å²) in [6, 6.07) is 1.97. The van der Waals surface area contributed by atoms with Crippen LogP contribution in [0.3, 0.4) is 0 Å². The third-order valence-corrected chi connectivity index (χ3v) is 2.44. The first-order chi connectivity index (χ1) is 4.33. The molecule has 0 aliphatic heterocycles. The van der Waals surface area contributed by atoms with Gasteiger partial charge in [-0.15, -0.1) is 11.3 Å². The fraction of sp³-hybridized carbons (Fsp3) is 0.167. The molecular formula is C6H4BrNS. The van der Waals surface area contributed by atoms with Gasteiger partial charge in [-0.05, 0) is 22.0 Å². The summed E-state index contributed by atoms with van der Waals surface area (Å²) < 4.78 is 1.10. The highest BCUT2D eigenvalue weighted by molar-refractivity contribution is 9.11. The smallest absolute Gasteiger partial charge is 0.240 e. The van der Waals surface area contributed by atoms with Crippen molar-refractivity contribution < 1.29 is 0 Å². The van der Waals surface area contributed by atoms with Crippen molar-refractivity contribution in [1.82, 2.24) is 0 Å². The van der Waals surface area contributed by atoms with Gasteiger partial charge in [0.15, 0.2) is 0 Å². The molecule has 46 valence electrons. The standard InChI is InChI=1S/C6H4BrNS/c1-8-3-5-2-6(7)9-4-5/h2,4H,3H2. The molecule has 0 aliphatic rings. The van der Waals surface area contributed by atoms with Gasteiger partial charge < -0.3 is 4.85 Å². The van der Waals surface area contributed by atoms with Crippen LogP contribution >= 0.6 is 27.3 Å². The van der Waals surface area contributed by atoms with Crippen LogP contribution in [0.25, 0.3) is 4.85 Å². The molecule has 1 heterocycles. The van der Waals surface area contributed by atoms with E-state index in [-0.39, 0.29) is 0 Å². The summed E-state index contributed by atoms with van der Waals surface area (Å²) in [6.07, 6.45) is 0. The molecule has 0 spiro atoms. The van der Waals surface area contributed by atoms with Gasteiger partial charge in [-0.1, -0.05) is 0 Å². The van der Waals surface area contributed by atoms with E-state index in [1.807, 2.05) is 11.4 Å². The fourth-order valence-electron chi connectivity index (χ4n) is 0.520. The van der Waals surface area contributed by atoms with Crippen LogP contribution in [0.15, 0.2) is 15.2 Å². The van der Waals surface area contributed by atoms with Gasteiger partial charge in [0.05, 0.1) is 3.79 Å². The molecule has 0 fully saturated rings. The summed E-state index contributed by atoms with van der Waals surface area (Å²) in [7, 11) is 0. The van der Waals surface area contributed by atoms with Crippen molar-refractivity contribution in [3.8, 4) is 0 Å². The molecule has 0 radical (unpaired) electrons. The first-order valence-corrected chi connectivity index (χ1v) is 4.06. The highest BCUT2D eigenvalue weighted by Gasteiger charge is 1.96. The monoisotopic (exact) mass is 201 g/mol. The van der Waals surface area contributed by atoms with Crippen LogP contribution in [0.2, 0.25) is 0 Å². The molecule has 1 aromatic rings. The Morgan fingerprint density at radius 1 is 1.78 bits per heavy atom. The maximum absolute atomic E-state index is 6.56. The van der Waals surface area contributed by atoms with Crippen LogP contribution in [-0.2, 0) is 6.54 Å². The molecule has 0 amide bonds. The zero-order valence-electron chi connectivity index (χ0n) is 4.60. The molecule has 0 aliphatic carbocycles. The number of hydrogen-bond donors (Lipinski definition) is 0. The van der Waals surface area contributed by atoms with Crippen LogP contribution in [-0.4, -0.2) is 0 Å². The summed E-state index contributed by atoms with van der Waals surface area (Å²) in [6.45, 7) is 7.07. The molecule has 0 atom stereocenters. The molecular weight excluding hydrogens is 198 g/mol. The van der Waals surface area contributed by atoms with Crippen LogP contribution in [0.5, 0.6) is 0 Å². The van der Waals surface area contributed by atoms with E-state index in [1.54, 1.807) is 11.3 Å². The molecule has 0 unspecified atom stereocenters. The summed E-state index contributed by atoms with van der Waals surface area (Å²) in [5, 5.41) is 1.99. The van der Waals surface area contributed by atoms with Crippen molar-refractivity contribution >= 4 is 27.3 Å². The molecule has 0 bridgehead atoms. The second kappa shape index (κ2) is 3.00. The van der Waals surface area contributed by atoms with E-state index >= 15 is 0 Å². The molecule has 1 nitrogen and oxygen atoms in total. The highest BCUT2D eigenvalue weighted by Crippen LogP contribution is 2.20. The molecule has 1 rings (SSSR count). The predicted octanol–water partition coefficient (Wildman–Crippen LogP) is 2.93. The van der Waals surface area contributed by atoms with E-state index in [0.29, 0.717) is 6.54 Å². The lowest BCUT2D eigenvalue weighted by molar-refractivity contribution is 1.29. The minimum atomic E-state index is 0.502. The number of rotatable bonds is 1. The number of halogens is 1. The van der Waals surface area contributed by atoms with Crippen LogP contribution < -0.4 is 0 Å². The topological polar surface area (TPSA) is 4.36 Å². The SMILES string of the molecule is [C-]#[N+]Cc1csc(Br)c1. The number of thiophene rings is 1. The Labute approximate surface area is 66.3 Å². The lowest BCUT2D eigenvalue weighted by Gasteiger charge is -1.75. The van der Waals surface area contributed by atoms with Gasteiger partial charge in [0.1, 0.15) is 0 Å². The Kier molecular flexibility index (Phi) is 2.26. The summed E-state index contributed by atoms with van der Waals surface area (Å²) >= 11 is 4.94. The highest BCUT2D eigenvalue weighted by atomic mass is 79.9. The van der Waals surface area contributed by atoms with Crippen molar-refractivity contribution in [3.05, 3.63) is 32.2 Å². The van der Waals surface area contributed by atoms with Crippen molar-refractivity contribution in [2.45, 2.75) is 6.54 Å². The predicted molar refractivity (Wildman–Crippen MR) is 42.3 cm³/mol. The normalized spacial score (nSPS) is 8.89. The Morgan fingerprint density at radius 3 is 3.00 bits per heavy atom. The summed E-state index contributed by atoms with van der Waals surface area (Å²) in [5.41, 5.74) is 1.10. The Hall–Kier alpha value is -0.330. The van der Waals surface area contributed by atoms with Crippen LogP contribution in [0, 0.1) is 6.57 Å². The number of hydrogen-bond acceptors (Lipinski definition) is 1. The first-order valence-electron chi connectivity index (χ1n) is 2.39. The molecule has 0 saturated carbocycles. The lowest BCUT2D eigenvalue weighted by atomic mass is 10.4. The fourth-order valence-corrected chi connectivity index (χ4v) is 1.72. The van der Waals surface area contributed by atoms with E-state index < -0.39 is 0 Å². The van der Waals surface area contributed by atoms with E-state index in [4.69, 9.17) is 6.57 Å². The second-order valence-corrected chi connectivity index (χ2v) is 3.87. The second-order valence-electron chi connectivity index (χ2n) is 1.58. The van der Waals surface area contributed by atoms with Crippen molar-refractivity contribution in [1.29, 1.82) is 0 Å². The van der Waals surface area contributed by atoms with Gasteiger partial charge in [-0.2, -0.15) is 0 Å². The first kappa shape index (κ1) is 6.79. The molecule has 0 aromatic carbocycles.